The van der Waals surface area contributed by atoms with Crippen LogP contribution in [0.5, 0.6) is 0 Å². The molecule has 0 radical (unpaired) electrons. The Hall–Kier alpha value is -3.97. The molecule has 0 aliphatic heterocycles. The molecule has 2 aliphatic carbocycles. The first kappa shape index (κ1) is 24.2. The summed E-state index contributed by atoms with van der Waals surface area (Å²) in [6.07, 6.45) is 11.5. The molecule has 1 aromatic carbocycles. The third-order valence-corrected chi connectivity index (χ3v) is 6.93. The standard InChI is InChI=1S/C28H29N5O2/c29-16-23(17-30)28(33-26-14-19-10-11-21(26)13-19)32-24-7-3-5-20(15-24)25(8-1-2-9-27(34)35)22-6-4-12-31-18-22/h3-8,12,15,18-19,21,23,26H,1-2,9-11,13-14H2,(H,32,33)(H,34,35)/b25-8+. The Kier molecular flexibility index (Phi) is 7.90. The lowest BCUT2D eigenvalue weighted by Crippen LogP contribution is -2.41. The largest absolute Gasteiger partial charge is 0.481 e. The van der Waals surface area contributed by atoms with Crippen LogP contribution in [-0.2, 0) is 4.79 Å². The summed E-state index contributed by atoms with van der Waals surface area (Å²) in [6, 6.07) is 15.9. The summed E-state index contributed by atoms with van der Waals surface area (Å²) in [7, 11) is 0. The molecule has 7 heteroatoms. The average molecular weight is 468 g/mol. The number of hydrogen-bond donors (Lipinski definition) is 2. The normalized spacial score (nSPS) is 21.5. The summed E-state index contributed by atoms with van der Waals surface area (Å²) in [6.45, 7) is 0. The van der Waals surface area contributed by atoms with Crippen LogP contribution >= 0.6 is 0 Å². The summed E-state index contributed by atoms with van der Waals surface area (Å²) in [4.78, 5) is 19.9. The van der Waals surface area contributed by atoms with Crippen molar-refractivity contribution in [2.75, 3.05) is 0 Å². The summed E-state index contributed by atoms with van der Waals surface area (Å²) >= 11 is 0. The van der Waals surface area contributed by atoms with Crippen LogP contribution in [-0.4, -0.2) is 27.9 Å². The number of fused-ring (bicyclic) bond motifs is 2. The fraction of sp³-hybridized carbons (Fsp3) is 0.393. The Balaban J connectivity index is 1.63. The highest BCUT2D eigenvalue weighted by atomic mass is 16.4. The number of benzene rings is 1. The van der Waals surface area contributed by atoms with Gasteiger partial charge in [0.1, 0.15) is 5.84 Å². The number of allylic oxidation sites excluding steroid dienone is 1. The summed E-state index contributed by atoms with van der Waals surface area (Å²) in [5.74, 6) is -0.0311. The molecule has 1 aromatic heterocycles. The van der Waals surface area contributed by atoms with Crippen molar-refractivity contribution in [2.45, 2.75) is 51.0 Å². The first-order valence-electron chi connectivity index (χ1n) is 12.1. The lowest BCUT2D eigenvalue weighted by molar-refractivity contribution is -0.137. The third kappa shape index (κ3) is 6.13. The minimum Gasteiger partial charge on any atom is -0.481 e. The van der Waals surface area contributed by atoms with E-state index in [1.54, 1.807) is 12.4 Å². The van der Waals surface area contributed by atoms with Crippen LogP contribution in [0.25, 0.3) is 5.57 Å². The molecule has 2 saturated carbocycles. The minimum atomic E-state index is -0.956. The molecule has 178 valence electrons. The molecular weight excluding hydrogens is 438 g/mol. The Morgan fingerprint density at radius 1 is 1.20 bits per heavy atom. The molecule has 2 N–H and O–H groups in total. The number of aromatic nitrogens is 1. The smallest absolute Gasteiger partial charge is 0.303 e. The Bertz CT molecular complexity index is 1180. The van der Waals surface area contributed by atoms with E-state index >= 15 is 0 Å². The van der Waals surface area contributed by atoms with Crippen molar-refractivity contribution in [2.24, 2.45) is 22.7 Å². The highest BCUT2D eigenvalue weighted by molar-refractivity contribution is 5.92. The minimum absolute atomic E-state index is 0.114. The van der Waals surface area contributed by atoms with E-state index in [2.05, 4.69) is 22.4 Å². The van der Waals surface area contributed by atoms with Crippen molar-refractivity contribution >= 4 is 23.1 Å². The summed E-state index contributed by atoms with van der Waals surface area (Å²) < 4.78 is 0. The predicted octanol–water partition coefficient (Wildman–Crippen LogP) is 5.24. The fourth-order valence-electron chi connectivity index (χ4n) is 5.25. The number of nitriles is 2. The van der Waals surface area contributed by atoms with Gasteiger partial charge in [-0.2, -0.15) is 10.5 Å². The lowest BCUT2D eigenvalue weighted by atomic mass is 9.94. The first-order valence-corrected chi connectivity index (χ1v) is 12.1. The highest BCUT2D eigenvalue weighted by Crippen LogP contribution is 2.44. The van der Waals surface area contributed by atoms with E-state index in [0.29, 0.717) is 30.3 Å². The van der Waals surface area contributed by atoms with Crippen LogP contribution in [0.1, 0.15) is 56.1 Å². The average Bonchev–Trinajstić information content (AvgIpc) is 3.49. The number of hydrogen-bond acceptors (Lipinski definition) is 5. The van der Waals surface area contributed by atoms with Gasteiger partial charge in [-0.3, -0.25) is 9.78 Å². The molecule has 2 bridgehead atoms. The molecule has 0 amide bonds. The van der Waals surface area contributed by atoms with Crippen molar-refractivity contribution in [1.82, 2.24) is 10.3 Å². The SMILES string of the molecule is N#CC(C#N)C(=Nc1cccc(/C(=C\CCCC(=O)O)c2cccnc2)c1)NC1CC2CCC1C2. The maximum Gasteiger partial charge on any atom is 0.303 e. The van der Waals surface area contributed by atoms with Gasteiger partial charge in [0.05, 0.1) is 17.8 Å². The summed E-state index contributed by atoms with van der Waals surface area (Å²) in [5.41, 5.74) is 3.44. The zero-order valence-corrected chi connectivity index (χ0v) is 19.6. The van der Waals surface area contributed by atoms with Gasteiger partial charge in [-0.15, -0.1) is 0 Å². The number of carboxylic acid groups (broad SMARTS) is 1. The van der Waals surface area contributed by atoms with Gasteiger partial charge in [0, 0.05) is 30.4 Å². The van der Waals surface area contributed by atoms with Gasteiger partial charge in [0.15, 0.2) is 5.92 Å². The van der Waals surface area contributed by atoms with Gasteiger partial charge < -0.3 is 10.4 Å². The van der Waals surface area contributed by atoms with Crippen LogP contribution in [0.15, 0.2) is 59.9 Å². The molecule has 2 aromatic rings. The quantitative estimate of drug-likeness (QED) is 0.295. The number of aliphatic carboxylic acids is 1. The van der Waals surface area contributed by atoms with Gasteiger partial charge in [-0.25, -0.2) is 4.99 Å². The van der Waals surface area contributed by atoms with E-state index in [-0.39, 0.29) is 12.5 Å². The second-order valence-corrected chi connectivity index (χ2v) is 9.31. The van der Waals surface area contributed by atoms with E-state index in [1.165, 1.54) is 19.3 Å². The molecule has 7 nitrogen and oxygen atoms in total. The number of carboxylic acids is 1. The van der Waals surface area contributed by atoms with Crippen molar-refractivity contribution in [3.63, 3.8) is 0 Å². The van der Waals surface area contributed by atoms with Crippen LogP contribution < -0.4 is 5.32 Å². The monoisotopic (exact) mass is 467 g/mol. The number of amidine groups is 1. The van der Waals surface area contributed by atoms with Crippen molar-refractivity contribution in [3.8, 4) is 12.1 Å². The number of aliphatic imine (C=N–C) groups is 1. The van der Waals surface area contributed by atoms with Crippen LogP contribution in [0.4, 0.5) is 5.69 Å². The zero-order chi connectivity index (χ0) is 24.6. The topological polar surface area (TPSA) is 122 Å². The molecule has 0 spiro atoms. The number of pyridine rings is 1. The van der Waals surface area contributed by atoms with Crippen LogP contribution in [0.3, 0.4) is 0 Å². The Labute approximate surface area is 205 Å². The predicted molar refractivity (Wildman–Crippen MR) is 133 cm³/mol. The lowest BCUT2D eigenvalue weighted by Gasteiger charge is -2.25. The van der Waals surface area contributed by atoms with Gasteiger partial charge in [0.2, 0.25) is 0 Å². The van der Waals surface area contributed by atoms with Crippen LogP contribution in [0.2, 0.25) is 0 Å². The first-order chi connectivity index (χ1) is 17.1. The molecule has 2 aliphatic rings. The van der Waals surface area contributed by atoms with E-state index < -0.39 is 11.9 Å². The van der Waals surface area contributed by atoms with E-state index in [4.69, 9.17) is 10.1 Å². The molecule has 3 unspecified atom stereocenters. The number of carbonyl (C=O) groups is 1. The van der Waals surface area contributed by atoms with Crippen molar-refractivity contribution in [3.05, 3.63) is 66.0 Å². The zero-order valence-electron chi connectivity index (χ0n) is 19.6. The van der Waals surface area contributed by atoms with Gasteiger partial charge in [-0.05, 0) is 73.3 Å². The Morgan fingerprint density at radius 2 is 2.03 bits per heavy atom. The van der Waals surface area contributed by atoms with E-state index in [0.717, 1.165) is 29.0 Å². The fourth-order valence-corrected chi connectivity index (χ4v) is 5.25. The molecule has 1 heterocycles. The van der Waals surface area contributed by atoms with E-state index in [1.807, 2.05) is 42.5 Å². The van der Waals surface area contributed by atoms with Crippen LogP contribution in [0, 0.1) is 40.4 Å². The second-order valence-electron chi connectivity index (χ2n) is 9.31. The third-order valence-electron chi connectivity index (χ3n) is 6.93. The maximum absolute atomic E-state index is 10.9. The molecule has 2 fully saturated rings. The molecule has 35 heavy (non-hydrogen) atoms. The Morgan fingerprint density at radius 3 is 2.69 bits per heavy atom. The number of rotatable bonds is 9. The maximum atomic E-state index is 10.9. The number of nitrogens with zero attached hydrogens (tertiary/aromatic N) is 4. The van der Waals surface area contributed by atoms with E-state index in [9.17, 15) is 15.3 Å². The number of nitrogens with one attached hydrogen (secondary N) is 1. The number of unbranched alkanes of at least 4 members (excludes halogenated alkanes) is 1. The van der Waals surface area contributed by atoms with Gasteiger partial charge >= 0.3 is 5.97 Å². The highest BCUT2D eigenvalue weighted by Gasteiger charge is 2.40. The van der Waals surface area contributed by atoms with Crippen molar-refractivity contribution in [1.29, 1.82) is 10.5 Å². The molecule has 0 saturated heterocycles. The summed E-state index contributed by atoms with van der Waals surface area (Å²) in [5, 5.41) is 31.6. The molecular formula is C28H29N5O2. The molecule has 3 atom stereocenters. The van der Waals surface area contributed by atoms with Gasteiger partial charge in [-0.1, -0.05) is 30.7 Å². The van der Waals surface area contributed by atoms with Gasteiger partial charge in [0.25, 0.3) is 0 Å². The second kappa shape index (κ2) is 11.4. The van der Waals surface area contributed by atoms with Crippen molar-refractivity contribution < 1.29 is 9.90 Å². The molecule has 4 rings (SSSR count).